The smallest absolute Gasteiger partial charge is 0.120 e. The van der Waals surface area contributed by atoms with Gasteiger partial charge in [-0.15, -0.1) is 12.4 Å². The van der Waals surface area contributed by atoms with E-state index in [2.05, 4.69) is 15.9 Å². The molecule has 0 saturated heterocycles. The lowest BCUT2D eigenvalue weighted by atomic mass is 10.3. The number of hydrogen-bond donors (Lipinski definition) is 1. The predicted octanol–water partition coefficient (Wildman–Crippen LogP) is 3.39. The summed E-state index contributed by atoms with van der Waals surface area (Å²) in [5.41, 5.74) is 5.82. The lowest BCUT2D eigenvalue weighted by Gasteiger charge is -2.11. The Bertz CT molecular complexity index is 355. The number of ether oxygens (including phenoxy) is 1. The van der Waals surface area contributed by atoms with Crippen LogP contribution in [-0.2, 0) is 0 Å². The second-order valence-corrected chi connectivity index (χ2v) is 4.99. The molecule has 1 aromatic rings. The van der Waals surface area contributed by atoms with Crippen LogP contribution in [0.4, 0.5) is 0 Å². The summed E-state index contributed by atoms with van der Waals surface area (Å²) in [5, 5.41) is 0.686. The maximum atomic E-state index is 5.90. The van der Waals surface area contributed by atoms with Gasteiger partial charge in [0.05, 0.1) is 10.6 Å². The third-order valence-electron chi connectivity index (χ3n) is 2.31. The van der Waals surface area contributed by atoms with Gasteiger partial charge in [-0.3, -0.25) is 0 Å². The third kappa shape index (κ3) is 3.52. The highest BCUT2D eigenvalue weighted by atomic mass is 79.9. The molecular weight excluding hydrogens is 301 g/mol. The molecule has 2 nitrogen and oxygen atoms in total. The molecule has 84 valence electrons. The first-order valence-corrected chi connectivity index (χ1v) is 5.63. The Balaban J connectivity index is 0.00000112. The summed E-state index contributed by atoms with van der Waals surface area (Å²) < 4.78 is 6.40. The largest absolute Gasteiger partial charge is 0.492 e. The van der Waals surface area contributed by atoms with Gasteiger partial charge in [-0.1, -0.05) is 11.6 Å². The van der Waals surface area contributed by atoms with Crippen molar-refractivity contribution in [2.45, 2.75) is 18.4 Å². The van der Waals surface area contributed by atoms with Crippen molar-refractivity contribution in [3.8, 4) is 5.75 Å². The van der Waals surface area contributed by atoms with Gasteiger partial charge < -0.3 is 10.5 Å². The second-order valence-electron chi connectivity index (χ2n) is 3.73. The van der Waals surface area contributed by atoms with Crippen molar-refractivity contribution >= 4 is 39.9 Å². The van der Waals surface area contributed by atoms with Gasteiger partial charge in [0, 0.05) is 4.47 Å². The Hall–Kier alpha value is 0.0400. The van der Waals surface area contributed by atoms with Crippen LogP contribution in [0.25, 0.3) is 0 Å². The molecule has 15 heavy (non-hydrogen) atoms. The number of nitrogens with two attached hydrogens (primary N) is 1. The van der Waals surface area contributed by atoms with Crippen molar-refractivity contribution in [1.29, 1.82) is 0 Å². The summed E-state index contributed by atoms with van der Waals surface area (Å²) in [6.07, 6.45) is 2.11. The van der Waals surface area contributed by atoms with E-state index < -0.39 is 0 Å². The van der Waals surface area contributed by atoms with Crippen molar-refractivity contribution in [3.05, 3.63) is 27.7 Å². The van der Waals surface area contributed by atoms with Gasteiger partial charge in [0.2, 0.25) is 0 Å². The standard InChI is InChI=1S/C10H11BrClNO.ClH/c11-8-5-7(1-2-9(8)12)14-6-10(13)3-4-10;/h1-2,5H,3-4,6,13H2;1H. The van der Waals surface area contributed by atoms with Gasteiger partial charge in [-0.05, 0) is 47.0 Å². The van der Waals surface area contributed by atoms with Gasteiger partial charge in [-0.25, -0.2) is 0 Å². The molecule has 1 saturated carbocycles. The Morgan fingerprint density at radius 3 is 2.67 bits per heavy atom. The van der Waals surface area contributed by atoms with Crippen molar-refractivity contribution in [3.63, 3.8) is 0 Å². The van der Waals surface area contributed by atoms with Crippen LogP contribution in [0.1, 0.15) is 12.8 Å². The molecule has 0 amide bonds. The molecule has 1 aliphatic rings. The fraction of sp³-hybridized carbons (Fsp3) is 0.400. The van der Waals surface area contributed by atoms with E-state index in [1.54, 1.807) is 6.07 Å². The minimum absolute atomic E-state index is 0. The minimum atomic E-state index is -0.0773. The Morgan fingerprint density at radius 2 is 2.13 bits per heavy atom. The van der Waals surface area contributed by atoms with E-state index >= 15 is 0 Å². The quantitative estimate of drug-likeness (QED) is 0.928. The first-order valence-electron chi connectivity index (χ1n) is 4.46. The molecule has 2 rings (SSSR count). The van der Waals surface area contributed by atoms with Crippen molar-refractivity contribution < 1.29 is 4.74 Å². The monoisotopic (exact) mass is 311 g/mol. The summed E-state index contributed by atoms with van der Waals surface area (Å²) in [6.45, 7) is 0.584. The molecule has 1 aliphatic carbocycles. The van der Waals surface area contributed by atoms with Gasteiger partial charge in [-0.2, -0.15) is 0 Å². The summed E-state index contributed by atoms with van der Waals surface area (Å²) >= 11 is 9.19. The van der Waals surface area contributed by atoms with Crippen LogP contribution in [0.15, 0.2) is 22.7 Å². The fourth-order valence-corrected chi connectivity index (χ4v) is 1.57. The average Bonchev–Trinajstić information content (AvgIpc) is 2.87. The van der Waals surface area contributed by atoms with E-state index in [1.807, 2.05) is 12.1 Å². The van der Waals surface area contributed by atoms with Gasteiger partial charge in [0.1, 0.15) is 12.4 Å². The van der Waals surface area contributed by atoms with E-state index in [-0.39, 0.29) is 17.9 Å². The van der Waals surface area contributed by atoms with E-state index in [1.165, 1.54) is 0 Å². The molecule has 0 unspecified atom stereocenters. The third-order valence-corrected chi connectivity index (χ3v) is 3.52. The predicted molar refractivity (Wildman–Crippen MR) is 68.0 cm³/mol. The Labute approximate surface area is 109 Å². The van der Waals surface area contributed by atoms with E-state index in [4.69, 9.17) is 22.1 Å². The lowest BCUT2D eigenvalue weighted by molar-refractivity contribution is 0.279. The first kappa shape index (κ1) is 13.1. The molecule has 0 aliphatic heterocycles. The van der Waals surface area contributed by atoms with E-state index in [9.17, 15) is 0 Å². The van der Waals surface area contributed by atoms with Crippen LogP contribution in [0.2, 0.25) is 5.02 Å². The molecule has 0 heterocycles. The summed E-state index contributed by atoms with van der Waals surface area (Å²) in [4.78, 5) is 0. The lowest BCUT2D eigenvalue weighted by Crippen LogP contribution is -2.29. The summed E-state index contributed by atoms with van der Waals surface area (Å²) in [6, 6.07) is 5.50. The zero-order valence-corrected chi connectivity index (χ0v) is 11.2. The molecule has 0 spiro atoms. The highest BCUT2D eigenvalue weighted by Crippen LogP contribution is 2.33. The van der Waals surface area contributed by atoms with Crippen LogP contribution < -0.4 is 10.5 Å². The van der Waals surface area contributed by atoms with Crippen molar-refractivity contribution in [1.82, 2.24) is 0 Å². The van der Waals surface area contributed by atoms with Crippen LogP contribution in [0, 0.1) is 0 Å². The fourth-order valence-electron chi connectivity index (χ4n) is 1.10. The summed E-state index contributed by atoms with van der Waals surface area (Å²) in [5.74, 6) is 0.804. The zero-order chi connectivity index (χ0) is 10.2. The number of hydrogen-bond acceptors (Lipinski definition) is 2. The molecule has 0 bridgehead atoms. The molecule has 2 N–H and O–H groups in total. The van der Waals surface area contributed by atoms with Gasteiger partial charge >= 0.3 is 0 Å². The van der Waals surface area contributed by atoms with Crippen molar-refractivity contribution in [2.24, 2.45) is 5.73 Å². The SMILES string of the molecule is Cl.NC1(COc2ccc(Cl)c(Br)c2)CC1. The summed E-state index contributed by atoms with van der Waals surface area (Å²) in [7, 11) is 0. The highest BCUT2D eigenvalue weighted by molar-refractivity contribution is 9.10. The molecule has 1 aromatic carbocycles. The van der Waals surface area contributed by atoms with Crippen LogP contribution >= 0.6 is 39.9 Å². The minimum Gasteiger partial charge on any atom is -0.492 e. The van der Waals surface area contributed by atoms with Crippen LogP contribution in [-0.4, -0.2) is 12.1 Å². The molecule has 5 heteroatoms. The molecule has 0 atom stereocenters. The number of halogens is 3. The molecule has 1 fully saturated rings. The maximum absolute atomic E-state index is 5.90. The van der Waals surface area contributed by atoms with Crippen molar-refractivity contribution in [2.75, 3.05) is 6.61 Å². The first-order chi connectivity index (χ1) is 6.59. The average molecular weight is 313 g/mol. The van der Waals surface area contributed by atoms with E-state index in [0.29, 0.717) is 11.6 Å². The second kappa shape index (κ2) is 4.91. The normalized spacial score (nSPS) is 16.7. The zero-order valence-electron chi connectivity index (χ0n) is 8.00. The number of rotatable bonds is 3. The number of benzene rings is 1. The molecule has 0 radical (unpaired) electrons. The maximum Gasteiger partial charge on any atom is 0.120 e. The molecular formula is C10H12BrCl2NO. The molecule has 0 aromatic heterocycles. The van der Waals surface area contributed by atoms with Gasteiger partial charge in [0.15, 0.2) is 0 Å². The Kier molecular flexibility index (Phi) is 4.29. The topological polar surface area (TPSA) is 35.2 Å². The highest BCUT2D eigenvalue weighted by Gasteiger charge is 2.39. The Morgan fingerprint density at radius 1 is 1.47 bits per heavy atom. The van der Waals surface area contributed by atoms with Gasteiger partial charge in [0.25, 0.3) is 0 Å². The van der Waals surface area contributed by atoms with E-state index in [0.717, 1.165) is 23.1 Å². The van der Waals surface area contributed by atoms with Crippen LogP contribution in [0.5, 0.6) is 5.75 Å². The van der Waals surface area contributed by atoms with Crippen LogP contribution in [0.3, 0.4) is 0 Å².